The lowest BCUT2D eigenvalue weighted by Crippen LogP contribution is -2.11. The zero-order valence-corrected chi connectivity index (χ0v) is 11.8. The number of hydrogen-bond donors (Lipinski definition) is 1. The molecule has 1 aromatic rings. The lowest BCUT2D eigenvalue weighted by molar-refractivity contribution is 0.142. The van der Waals surface area contributed by atoms with E-state index in [1.807, 2.05) is 6.20 Å². The van der Waals surface area contributed by atoms with Crippen LogP contribution in [0.5, 0.6) is 0 Å². The second kappa shape index (κ2) is 5.45. The van der Waals surface area contributed by atoms with Crippen LogP contribution in [0.15, 0.2) is 12.3 Å². The molecule has 1 aliphatic carbocycles. The minimum atomic E-state index is -0.0962. The van der Waals surface area contributed by atoms with Crippen LogP contribution in [0.25, 0.3) is 0 Å². The van der Waals surface area contributed by atoms with Crippen molar-refractivity contribution in [3.05, 3.63) is 27.1 Å². The zero-order chi connectivity index (χ0) is 11.5. The third-order valence-corrected chi connectivity index (χ3v) is 4.22. The summed E-state index contributed by atoms with van der Waals surface area (Å²) in [7, 11) is 0. The van der Waals surface area contributed by atoms with Gasteiger partial charge in [-0.15, -0.1) is 0 Å². The number of hydrogen-bond acceptors (Lipinski definition) is 2. The van der Waals surface area contributed by atoms with Gasteiger partial charge in [0, 0.05) is 6.20 Å². The van der Waals surface area contributed by atoms with Gasteiger partial charge in [0.15, 0.2) is 0 Å². The molecule has 0 amide bonds. The molecule has 2 rings (SSSR count). The van der Waals surface area contributed by atoms with Crippen molar-refractivity contribution in [3.8, 4) is 0 Å². The number of pyridine rings is 1. The molecule has 0 radical (unpaired) electrons. The van der Waals surface area contributed by atoms with E-state index in [1.54, 1.807) is 0 Å². The molecule has 1 aromatic heterocycles. The molecule has 0 spiro atoms. The molecule has 1 fully saturated rings. The molecule has 88 valence electrons. The van der Waals surface area contributed by atoms with Gasteiger partial charge >= 0.3 is 0 Å². The van der Waals surface area contributed by atoms with E-state index in [2.05, 4.69) is 40.6 Å². The Bertz CT molecular complexity index is 363. The fourth-order valence-electron chi connectivity index (χ4n) is 1.93. The molecule has 0 saturated heterocycles. The van der Waals surface area contributed by atoms with Crippen LogP contribution in [0.1, 0.15) is 37.3 Å². The average Bonchev–Trinajstić information content (AvgIpc) is 3.11. The Kier molecular flexibility index (Phi) is 4.19. The molecular formula is C13H18INO. The molecule has 16 heavy (non-hydrogen) atoms. The van der Waals surface area contributed by atoms with Gasteiger partial charge in [-0.25, -0.2) is 4.98 Å². The van der Waals surface area contributed by atoms with Gasteiger partial charge in [0.05, 0.1) is 6.10 Å². The Balaban J connectivity index is 1.96. The van der Waals surface area contributed by atoms with E-state index >= 15 is 0 Å². The molecule has 0 aromatic carbocycles. The molecule has 0 unspecified atom stereocenters. The SMILES string of the molecule is CCc1cnc(I)c(CC[C@@H](O)C2CC2)c1. The van der Waals surface area contributed by atoms with Crippen molar-refractivity contribution in [2.75, 3.05) is 0 Å². The molecule has 1 N–H and O–H groups in total. The zero-order valence-electron chi connectivity index (χ0n) is 9.62. The predicted octanol–water partition coefficient (Wildman–Crippen LogP) is 2.95. The number of aromatic nitrogens is 1. The van der Waals surface area contributed by atoms with Gasteiger partial charge in [0.2, 0.25) is 0 Å². The minimum absolute atomic E-state index is 0.0962. The quantitative estimate of drug-likeness (QED) is 0.665. The summed E-state index contributed by atoms with van der Waals surface area (Å²) >= 11 is 2.28. The Hall–Kier alpha value is -0.160. The Morgan fingerprint density at radius 3 is 2.94 bits per heavy atom. The van der Waals surface area contributed by atoms with Crippen LogP contribution in [0.4, 0.5) is 0 Å². The van der Waals surface area contributed by atoms with Crippen molar-refractivity contribution in [3.63, 3.8) is 0 Å². The lowest BCUT2D eigenvalue weighted by Gasteiger charge is -2.10. The first-order valence-corrected chi connectivity index (χ1v) is 7.10. The Morgan fingerprint density at radius 1 is 1.56 bits per heavy atom. The summed E-state index contributed by atoms with van der Waals surface area (Å²) in [5.74, 6) is 0.583. The highest BCUT2D eigenvalue weighted by molar-refractivity contribution is 14.1. The monoisotopic (exact) mass is 331 g/mol. The number of rotatable bonds is 5. The fourth-order valence-corrected chi connectivity index (χ4v) is 2.50. The van der Waals surface area contributed by atoms with Gasteiger partial charge in [0.1, 0.15) is 3.70 Å². The Labute approximate surface area is 111 Å². The second-order valence-corrected chi connectivity index (χ2v) is 5.61. The summed E-state index contributed by atoms with van der Waals surface area (Å²) in [5.41, 5.74) is 2.58. The number of aliphatic hydroxyl groups is 1. The molecule has 1 aliphatic rings. The number of aliphatic hydroxyl groups excluding tert-OH is 1. The highest BCUT2D eigenvalue weighted by atomic mass is 127. The molecule has 0 bridgehead atoms. The van der Waals surface area contributed by atoms with Crippen LogP contribution in [-0.4, -0.2) is 16.2 Å². The maximum Gasteiger partial charge on any atom is 0.104 e. The third-order valence-electron chi connectivity index (χ3n) is 3.25. The molecular weight excluding hydrogens is 313 g/mol. The maximum absolute atomic E-state index is 9.84. The van der Waals surface area contributed by atoms with E-state index in [0.717, 1.165) is 23.0 Å². The summed E-state index contributed by atoms with van der Waals surface area (Å²) in [6, 6.07) is 2.23. The summed E-state index contributed by atoms with van der Waals surface area (Å²) in [6.07, 6.45) is 7.15. The van der Waals surface area contributed by atoms with E-state index in [9.17, 15) is 5.11 Å². The number of aryl methyl sites for hydroxylation is 2. The highest BCUT2D eigenvalue weighted by Gasteiger charge is 2.29. The minimum Gasteiger partial charge on any atom is -0.393 e. The third kappa shape index (κ3) is 3.17. The largest absolute Gasteiger partial charge is 0.393 e. The van der Waals surface area contributed by atoms with Crippen molar-refractivity contribution in [2.24, 2.45) is 5.92 Å². The second-order valence-electron chi connectivity index (χ2n) is 4.59. The fraction of sp³-hybridized carbons (Fsp3) is 0.615. The average molecular weight is 331 g/mol. The molecule has 1 heterocycles. The smallest absolute Gasteiger partial charge is 0.104 e. The predicted molar refractivity (Wildman–Crippen MR) is 73.4 cm³/mol. The van der Waals surface area contributed by atoms with E-state index in [1.165, 1.54) is 24.0 Å². The van der Waals surface area contributed by atoms with Crippen LogP contribution in [0.2, 0.25) is 0 Å². The molecule has 1 saturated carbocycles. The normalized spacial score (nSPS) is 17.4. The van der Waals surface area contributed by atoms with Crippen molar-refractivity contribution in [2.45, 2.75) is 45.1 Å². The van der Waals surface area contributed by atoms with Crippen molar-refractivity contribution in [1.29, 1.82) is 0 Å². The summed E-state index contributed by atoms with van der Waals surface area (Å²) in [5, 5.41) is 9.84. The lowest BCUT2D eigenvalue weighted by atomic mass is 10.0. The van der Waals surface area contributed by atoms with Gasteiger partial charge in [-0.1, -0.05) is 13.0 Å². The van der Waals surface area contributed by atoms with Crippen LogP contribution in [0, 0.1) is 9.62 Å². The topological polar surface area (TPSA) is 33.1 Å². The van der Waals surface area contributed by atoms with Gasteiger partial charge in [-0.2, -0.15) is 0 Å². The Morgan fingerprint density at radius 2 is 2.31 bits per heavy atom. The van der Waals surface area contributed by atoms with Crippen LogP contribution in [-0.2, 0) is 12.8 Å². The number of nitrogens with zero attached hydrogens (tertiary/aromatic N) is 1. The maximum atomic E-state index is 9.84. The summed E-state index contributed by atoms with van der Waals surface area (Å²) in [4.78, 5) is 4.39. The summed E-state index contributed by atoms with van der Waals surface area (Å²) in [6.45, 7) is 2.15. The van der Waals surface area contributed by atoms with Crippen molar-refractivity contribution >= 4 is 22.6 Å². The van der Waals surface area contributed by atoms with Crippen LogP contribution >= 0.6 is 22.6 Å². The first kappa shape index (κ1) is 12.3. The van der Waals surface area contributed by atoms with E-state index in [-0.39, 0.29) is 6.10 Å². The van der Waals surface area contributed by atoms with Crippen LogP contribution in [0.3, 0.4) is 0 Å². The van der Waals surface area contributed by atoms with Gasteiger partial charge in [0.25, 0.3) is 0 Å². The summed E-state index contributed by atoms with van der Waals surface area (Å²) < 4.78 is 1.08. The van der Waals surface area contributed by atoms with Crippen LogP contribution < -0.4 is 0 Å². The molecule has 3 heteroatoms. The number of halogens is 1. The first-order valence-electron chi connectivity index (χ1n) is 6.02. The van der Waals surface area contributed by atoms with E-state index in [0.29, 0.717) is 5.92 Å². The van der Waals surface area contributed by atoms with Crippen molar-refractivity contribution in [1.82, 2.24) is 4.98 Å². The first-order chi connectivity index (χ1) is 7.70. The standard InChI is InChI=1S/C13H18INO/c1-2-9-7-11(13(14)15-8-9)5-6-12(16)10-3-4-10/h7-8,10,12,16H,2-6H2,1H3/t12-/m1/s1. The van der Waals surface area contributed by atoms with Gasteiger partial charge < -0.3 is 5.11 Å². The van der Waals surface area contributed by atoms with Gasteiger partial charge in [-0.3, -0.25) is 0 Å². The molecule has 2 nitrogen and oxygen atoms in total. The molecule has 1 atom stereocenters. The van der Waals surface area contributed by atoms with E-state index < -0.39 is 0 Å². The molecule has 0 aliphatic heterocycles. The van der Waals surface area contributed by atoms with Crippen molar-refractivity contribution < 1.29 is 5.11 Å². The van der Waals surface area contributed by atoms with E-state index in [4.69, 9.17) is 0 Å². The highest BCUT2D eigenvalue weighted by Crippen LogP contribution is 2.34. The van der Waals surface area contributed by atoms with Gasteiger partial charge in [-0.05, 0) is 71.7 Å².